The summed E-state index contributed by atoms with van der Waals surface area (Å²) < 4.78 is 3.40. The summed E-state index contributed by atoms with van der Waals surface area (Å²) in [6.45, 7) is 7.97. The molecule has 2 heterocycles. The third-order valence-electron chi connectivity index (χ3n) is 6.41. The lowest BCUT2D eigenvalue weighted by Crippen LogP contribution is -2.50. The molecule has 3 rings (SSSR count). The zero-order valence-corrected chi connectivity index (χ0v) is 20.1. The van der Waals surface area contributed by atoms with E-state index in [1.165, 1.54) is 19.3 Å². The number of likely N-dealkylation sites (tertiary alicyclic amines) is 2. The average molecular weight is 463 g/mol. The first-order chi connectivity index (χ1) is 15.5. The van der Waals surface area contributed by atoms with Crippen LogP contribution in [0.4, 0.5) is 0 Å². The van der Waals surface area contributed by atoms with Crippen molar-refractivity contribution in [1.82, 2.24) is 19.8 Å². The molecule has 2 aliphatic heterocycles. The van der Waals surface area contributed by atoms with E-state index in [1.807, 2.05) is 24.0 Å². The first-order valence-electron chi connectivity index (χ1n) is 12.1. The number of carbonyl (C=O) groups excluding carboxylic acids is 3. The summed E-state index contributed by atoms with van der Waals surface area (Å²) >= 11 is 1.71. The minimum atomic E-state index is -0.464. The Bertz CT molecular complexity index is 716. The Hall–Kier alpha value is -1.96. The second kappa shape index (κ2) is 12.3. The number of hydrogen-bond acceptors (Lipinski definition) is 5. The second-order valence-electron chi connectivity index (χ2n) is 8.94. The van der Waals surface area contributed by atoms with Gasteiger partial charge in [0.15, 0.2) is 0 Å². The Balaban J connectivity index is 1.52. The Kier molecular flexibility index (Phi) is 9.51. The van der Waals surface area contributed by atoms with Gasteiger partial charge in [0.25, 0.3) is 0 Å². The molecule has 0 bridgehead atoms. The summed E-state index contributed by atoms with van der Waals surface area (Å²) in [6.07, 6.45) is 12.0. The monoisotopic (exact) mass is 462 g/mol. The van der Waals surface area contributed by atoms with E-state index in [-0.39, 0.29) is 36.6 Å². The van der Waals surface area contributed by atoms with Gasteiger partial charge >= 0.3 is 0 Å². The first kappa shape index (κ1) is 24.7. The van der Waals surface area contributed by atoms with Gasteiger partial charge in [-0.05, 0) is 70.2 Å². The summed E-state index contributed by atoms with van der Waals surface area (Å²) in [5, 5.41) is 3.79. The van der Waals surface area contributed by atoms with Crippen LogP contribution in [0.1, 0.15) is 71.1 Å². The summed E-state index contributed by atoms with van der Waals surface area (Å²) in [5.74, 6) is -0.161. The zero-order chi connectivity index (χ0) is 22.9. The fraction of sp³-hybridized carbons (Fsp3) is 0.708. The predicted molar refractivity (Wildman–Crippen MR) is 129 cm³/mol. The van der Waals surface area contributed by atoms with Crippen LogP contribution >= 0.6 is 11.9 Å². The van der Waals surface area contributed by atoms with Gasteiger partial charge in [0.05, 0.1) is 6.04 Å². The molecule has 0 aromatic carbocycles. The molecule has 8 heteroatoms. The highest BCUT2D eigenvalue weighted by molar-refractivity contribution is 7.98. The molecule has 1 saturated carbocycles. The molecule has 0 aromatic rings. The molecule has 32 heavy (non-hydrogen) atoms. The van der Waals surface area contributed by atoms with Crippen molar-refractivity contribution < 1.29 is 14.4 Å². The fourth-order valence-corrected chi connectivity index (χ4v) is 5.30. The molecule has 3 fully saturated rings. The lowest BCUT2D eigenvalue weighted by Gasteiger charge is -2.29. The summed E-state index contributed by atoms with van der Waals surface area (Å²) in [7, 11) is 0. The van der Waals surface area contributed by atoms with E-state index in [1.54, 1.807) is 16.8 Å². The van der Waals surface area contributed by atoms with Crippen LogP contribution in [0.5, 0.6) is 0 Å². The van der Waals surface area contributed by atoms with Crippen molar-refractivity contribution in [2.75, 3.05) is 19.6 Å². The normalized spacial score (nSPS) is 22.4. The van der Waals surface area contributed by atoms with Gasteiger partial charge in [-0.25, -0.2) is 0 Å². The van der Waals surface area contributed by atoms with Crippen LogP contribution in [0.15, 0.2) is 24.4 Å². The fourth-order valence-electron chi connectivity index (χ4n) is 4.36. The third-order valence-corrected chi connectivity index (χ3v) is 7.57. The zero-order valence-electron chi connectivity index (χ0n) is 19.3. The van der Waals surface area contributed by atoms with E-state index < -0.39 is 6.04 Å². The number of nitrogens with zero attached hydrogens (tertiary/aromatic N) is 2. The molecule has 178 valence electrons. The molecule has 0 aromatic heterocycles. The largest absolute Gasteiger partial charge is 0.346 e. The molecule has 1 aliphatic carbocycles. The smallest absolute Gasteiger partial charge is 0.243 e. The minimum absolute atomic E-state index is 0.0567. The van der Waals surface area contributed by atoms with Crippen LogP contribution in [0.25, 0.3) is 0 Å². The van der Waals surface area contributed by atoms with Gasteiger partial charge in [-0.1, -0.05) is 12.2 Å². The maximum atomic E-state index is 13.1. The van der Waals surface area contributed by atoms with Gasteiger partial charge in [-0.15, -0.1) is 6.58 Å². The van der Waals surface area contributed by atoms with Gasteiger partial charge in [0, 0.05) is 43.4 Å². The van der Waals surface area contributed by atoms with Crippen LogP contribution in [-0.4, -0.2) is 64.5 Å². The summed E-state index contributed by atoms with van der Waals surface area (Å²) in [4.78, 5) is 42.0. The molecule has 3 aliphatic rings. The second-order valence-corrected chi connectivity index (χ2v) is 10.0. The maximum absolute atomic E-state index is 13.1. The molecule has 2 saturated heterocycles. The number of rotatable bonds is 11. The standard InChI is InChI=1S/C24H38N4O3S/c1-3-9-20(19(4-2)26-32-18-11-12-18)25-24(31)21-10-8-17-28(21)23(30)14-13-22(29)27-15-6-5-7-16-27/h3-4,18,20-21,26H,1,5-17H2,2H3,(H,25,31)/b19-4+/t20?,21-/m0/s1. The highest BCUT2D eigenvalue weighted by Crippen LogP contribution is 2.33. The molecule has 1 unspecified atom stereocenters. The van der Waals surface area contributed by atoms with Gasteiger partial charge in [0.2, 0.25) is 17.7 Å². The lowest BCUT2D eigenvalue weighted by molar-refractivity contribution is -0.141. The quantitative estimate of drug-likeness (QED) is 0.364. The molecule has 2 N–H and O–H groups in total. The average Bonchev–Trinajstić information content (AvgIpc) is 3.50. The highest BCUT2D eigenvalue weighted by Gasteiger charge is 2.35. The number of allylic oxidation sites excluding steroid dienone is 1. The summed E-state index contributed by atoms with van der Waals surface area (Å²) in [5.41, 5.74) is 0.971. The lowest BCUT2D eigenvalue weighted by atomic mass is 10.1. The van der Waals surface area contributed by atoms with E-state index in [0.717, 1.165) is 38.0 Å². The molecular formula is C24H38N4O3S. The van der Waals surface area contributed by atoms with Gasteiger partial charge < -0.3 is 19.8 Å². The minimum Gasteiger partial charge on any atom is -0.346 e. The van der Waals surface area contributed by atoms with Gasteiger partial charge in [-0.3, -0.25) is 14.4 Å². The Morgan fingerprint density at radius 1 is 1.03 bits per heavy atom. The number of amides is 3. The Morgan fingerprint density at radius 3 is 2.41 bits per heavy atom. The Morgan fingerprint density at radius 2 is 1.75 bits per heavy atom. The third kappa shape index (κ3) is 7.02. The molecule has 3 amide bonds. The van der Waals surface area contributed by atoms with Crippen LogP contribution in [-0.2, 0) is 14.4 Å². The van der Waals surface area contributed by atoms with Gasteiger partial charge in [0.1, 0.15) is 6.04 Å². The van der Waals surface area contributed by atoms with Crippen molar-refractivity contribution in [3.63, 3.8) is 0 Å². The van der Waals surface area contributed by atoms with Crippen molar-refractivity contribution in [3.05, 3.63) is 24.4 Å². The molecule has 0 spiro atoms. The molecule has 7 nitrogen and oxygen atoms in total. The van der Waals surface area contributed by atoms with Crippen LogP contribution < -0.4 is 10.0 Å². The number of carbonyl (C=O) groups is 3. The molecular weight excluding hydrogens is 424 g/mol. The Labute approximate surface area is 196 Å². The topological polar surface area (TPSA) is 81.8 Å². The number of piperidine rings is 1. The predicted octanol–water partition coefficient (Wildman–Crippen LogP) is 3.14. The summed E-state index contributed by atoms with van der Waals surface area (Å²) in [6, 6.07) is -0.649. The molecule has 2 atom stereocenters. The SMILES string of the molecule is C=CCC(NC(=O)[C@@H]1CCCN1C(=O)CCC(=O)N1CCCCC1)/C(=C\C)NSC1CC1. The maximum Gasteiger partial charge on any atom is 0.243 e. The van der Waals surface area contributed by atoms with Crippen molar-refractivity contribution in [2.45, 2.75) is 88.5 Å². The number of nitrogens with one attached hydrogen (secondary N) is 2. The van der Waals surface area contributed by atoms with Crippen LogP contribution in [0.3, 0.4) is 0 Å². The van der Waals surface area contributed by atoms with Crippen molar-refractivity contribution in [2.24, 2.45) is 0 Å². The van der Waals surface area contributed by atoms with Gasteiger partial charge in [-0.2, -0.15) is 0 Å². The van der Waals surface area contributed by atoms with Crippen molar-refractivity contribution in [3.8, 4) is 0 Å². The van der Waals surface area contributed by atoms with Crippen molar-refractivity contribution in [1.29, 1.82) is 0 Å². The first-order valence-corrected chi connectivity index (χ1v) is 13.0. The number of hydrogen-bond donors (Lipinski definition) is 2. The van der Waals surface area contributed by atoms with E-state index in [9.17, 15) is 14.4 Å². The van der Waals surface area contributed by atoms with E-state index in [0.29, 0.717) is 24.6 Å². The highest BCUT2D eigenvalue weighted by atomic mass is 32.2. The van der Waals surface area contributed by atoms with Crippen LogP contribution in [0, 0.1) is 0 Å². The van der Waals surface area contributed by atoms with E-state index >= 15 is 0 Å². The van der Waals surface area contributed by atoms with Crippen molar-refractivity contribution >= 4 is 29.7 Å². The van der Waals surface area contributed by atoms with Crippen LogP contribution in [0.2, 0.25) is 0 Å². The van der Waals surface area contributed by atoms with E-state index in [4.69, 9.17) is 0 Å². The molecule has 0 radical (unpaired) electrons. The van der Waals surface area contributed by atoms with E-state index in [2.05, 4.69) is 16.6 Å².